The van der Waals surface area contributed by atoms with E-state index >= 15 is 0 Å². The van der Waals surface area contributed by atoms with Crippen molar-refractivity contribution in [2.75, 3.05) is 0 Å². The van der Waals surface area contributed by atoms with Crippen LogP contribution in [0.3, 0.4) is 0 Å². The van der Waals surface area contributed by atoms with Crippen LogP contribution < -0.4 is 0 Å². The van der Waals surface area contributed by atoms with Gasteiger partial charge in [0.05, 0.1) is 0 Å². The van der Waals surface area contributed by atoms with Gasteiger partial charge in [-0.15, -0.1) is 0 Å². The molecule has 20 heavy (non-hydrogen) atoms. The molecule has 0 unspecified atom stereocenters. The van der Waals surface area contributed by atoms with Crippen LogP contribution in [0.1, 0.15) is 36.7 Å². The van der Waals surface area contributed by atoms with Gasteiger partial charge in [0.15, 0.2) is 11.5 Å². The minimum atomic E-state index is -1.50. The Morgan fingerprint density at radius 1 is 0.950 bits per heavy atom. The van der Waals surface area contributed by atoms with Gasteiger partial charge in [-0.3, -0.25) is 0 Å². The first-order valence-electron chi connectivity index (χ1n) is 6.09. The highest BCUT2D eigenvalue weighted by molar-refractivity contribution is 6.06. The molecular weight excluding hydrogens is 260 g/mol. The highest BCUT2D eigenvalue weighted by Gasteiger charge is 2.24. The number of hydrogen-bond acceptors (Lipinski definition) is 4. The lowest BCUT2D eigenvalue weighted by molar-refractivity contribution is 0.0690. The topological polar surface area (TPSA) is 98.0 Å². The van der Waals surface area contributed by atoms with E-state index in [0.717, 1.165) is 5.56 Å². The quantitative estimate of drug-likeness (QED) is 0.474. The Morgan fingerprint density at radius 3 is 2.05 bits per heavy atom. The third-order valence-corrected chi connectivity index (χ3v) is 3.31. The molecule has 106 valence electrons. The predicted molar refractivity (Wildman–Crippen MR) is 74.6 cm³/mol. The highest BCUT2D eigenvalue weighted by Crippen LogP contribution is 2.44. The Kier molecular flexibility index (Phi) is 3.01. The number of carboxylic acid groups (broad SMARTS) is 1. The first kappa shape index (κ1) is 14.0. The zero-order valence-corrected chi connectivity index (χ0v) is 11.4. The van der Waals surface area contributed by atoms with Gasteiger partial charge in [-0.05, 0) is 17.0 Å². The van der Waals surface area contributed by atoms with Crippen LogP contribution in [-0.4, -0.2) is 26.4 Å². The lowest BCUT2D eigenvalue weighted by Gasteiger charge is -2.20. The molecule has 0 amide bonds. The summed E-state index contributed by atoms with van der Waals surface area (Å²) >= 11 is 0. The van der Waals surface area contributed by atoms with Crippen LogP contribution >= 0.6 is 0 Å². The molecule has 0 aliphatic rings. The van der Waals surface area contributed by atoms with E-state index in [-0.39, 0.29) is 16.2 Å². The second-order valence-corrected chi connectivity index (χ2v) is 5.74. The molecular formula is C15H16O5. The van der Waals surface area contributed by atoms with Crippen LogP contribution in [0.25, 0.3) is 10.8 Å². The van der Waals surface area contributed by atoms with E-state index in [1.807, 2.05) is 20.8 Å². The maximum absolute atomic E-state index is 11.1. The second-order valence-electron chi connectivity index (χ2n) is 5.74. The maximum atomic E-state index is 11.1. The Morgan fingerprint density at radius 2 is 1.55 bits per heavy atom. The molecule has 0 radical (unpaired) electrons. The van der Waals surface area contributed by atoms with Crippen molar-refractivity contribution < 1.29 is 25.2 Å². The van der Waals surface area contributed by atoms with Gasteiger partial charge >= 0.3 is 5.97 Å². The zero-order valence-electron chi connectivity index (χ0n) is 11.4. The molecule has 4 N–H and O–H groups in total. The van der Waals surface area contributed by atoms with Crippen molar-refractivity contribution in [3.63, 3.8) is 0 Å². The molecule has 0 bridgehead atoms. The van der Waals surface area contributed by atoms with Gasteiger partial charge in [0.25, 0.3) is 0 Å². The summed E-state index contributed by atoms with van der Waals surface area (Å²) in [4.78, 5) is 11.1. The number of phenolic OH excluding ortho intramolecular Hbond substituents is 1. The molecule has 0 aliphatic heterocycles. The fourth-order valence-corrected chi connectivity index (χ4v) is 2.11. The van der Waals surface area contributed by atoms with Crippen LogP contribution in [0, 0.1) is 0 Å². The summed E-state index contributed by atoms with van der Waals surface area (Å²) in [5.41, 5.74) is -0.0138. The van der Waals surface area contributed by atoms with E-state index in [0.29, 0.717) is 0 Å². The molecule has 2 aromatic carbocycles. The van der Waals surface area contributed by atoms with Gasteiger partial charge in [0.1, 0.15) is 11.3 Å². The van der Waals surface area contributed by atoms with E-state index < -0.39 is 28.8 Å². The summed E-state index contributed by atoms with van der Waals surface area (Å²) < 4.78 is 0. The Hall–Kier alpha value is -2.43. The molecule has 0 atom stereocenters. The summed E-state index contributed by atoms with van der Waals surface area (Å²) in [5.74, 6) is -3.42. The average Bonchev–Trinajstić information content (AvgIpc) is 2.34. The third kappa shape index (κ3) is 2.01. The zero-order chi connectivity index (χ0) is 15.2. The Balaban J connectivity index is 2.92. The minimum Gasteiger partial charge on any atom is -0.506 e. The summed E-state index contributed by atoms with van der Waals surface area (Å²) in [7, 11) is 0. The largest absolute Gasteiger partial charge is 0.506 e. The lowest BCUT2D eigenvalue weighted by atomic mass is 9.85. The Bertz CT molecular complexity index is 711. The van der Waals surface area contributed by atoms with Crippen molar-refractivity contribution >= 4 is 16.7 Å². The van der Waals surface area contributed by atoms with E-state index in [9.17, 15) is 20.1 Å². The van der Waals surface area contributed by atoms with Crippen LogP contribution in [0.4, 0.5) is 0 Å². The van der Waals surface area contributed by atoms with Gasteiger partial charge < -0.3 is 20.4 Å². The first-order valence-corrected chi connectivity index (χ1v) is 6.09. The molecule has 0 aromatic heterocycles. The van der Waals surface area contributed by atoms with E-state index in [4.69, 9.17) is 5.11 Å². The van der Waals surface area contributed by atoms with Crippen molar-refractivity contribution in [2.45, 2.75) is 26.2 Å². The molecule has 0 heterocycles. The Labute approximate surface area is 115 Å². The molecule has 0 fully saturated rings. The number of hydrogen-bond donors (Lipinski definition) is 4. The van der Waals surface area contributed by atoms with E-state index in [1.165, 1.54) is 0 Å². The monoisotopic (exact) mass is 276 g/mol. The number of benzene rings is 2. The second kappa shape index (κ2) is 4.30. The SMILES string of the molecule is CC(C)(C)c1ccc2c(O)c(O)c(C(=O)O)c(O)c2c1. The number of phenols is 3. The standard InChI is InChI=1S/C15H16O5/c1-15(2,3)7-4-5-8-9(6-7)11(16)10(14(19)20)13(18)12(8)17/h4-6,16-18H,1-3H3,(H,19,20). The normalized spacial score (nSPS) is 11.8. The van der Waals surface area contributed by atoms with Crippen LogP contribution in [0.5, 0.6) is 17.2 Å². The molecule has 2 aromatic rings. The smallest absolute Gasteiger partial charge is 0.343 e. The lowest BCUT2D eigenvalue weighted by Crippen LogP contribution is -2.10. The van der Waals surface area contributed by atoms with E-state index in [1.54, 1.807) is 18.2 Å². The number of aromatic carboxylic acids is 1. The van der Waals surface area contributed by atoms with Crippen molar-refractivity contribution in [1.29, 1.82) is 0 Å². The fraction of sp³-hybridized carbons (Fsp3) is 0.267. The number of aromatic hydroxyl groups is 3. The number of carbonyl (C=O) groups is 1. The summed E-state index contributed by atoms with van der Waals surface area (Å²) in [6, 6.07) is 4.94. The van der Waals surface area contributed by atoms with Gasteiger partial charge in [-0.1, -0.05) is 32.9 Å². The first-order chi connectivity index (χ1) is 9.14. The third-order valence-electron chi connectivity index (χ3n) is 3.31. The summed E-state index contributed by atoms with van der Waals surface area (Å²) in [5, 5.41) is 39.1. The number of fused-ring (bicyclic) bond motifs is 1. The molecule has 0 spiro atoms. The van der Waals surface area contributed by atoms with Crippen molar-refractivity contribution in [2.24, 2.45) is 0 Å². The van der Waals surface area contributed by atoms with E-state index in [2.05, 4.69) is 0 Å². The molecule has 0 saturated heterocycles. The number of rotatable bonds is 1. The fourth-order valence-electron chi connectivity index (χ4n) is 2.11. The van der Waals surface area contributed by atoms with Crippen molar-refractivity contribution in [3.8, 4) is 17.2 Å². The highest BCUT2D eigenvalue weighted by atomic mass is 16.4. The minimum absolute atomic E-state index is 0.197. The molecule has 0 aliphatic carbocycles. The molecule has 0 saturated carbocycles. The average molecular weight is 276 g/mol. The van der Waals surface area contributed by atoms with Crippen LogP contribution in [0.15, 0.2) is 18.2 Å². The van der Waals surface area contributed by atoms with Crippen molar-refractivity contribution in [3.05, 3.63) is 29.3 Å². The molecule has 2 rings (SSSR count). The number of carboxylic acids is 1. The predicted octanol–water partition coefficient (Wildman–Crippen LogP) is 2.95. The van der Waals surface area contributed by atoms with Gasteiger partial charge in [-0.25, -0.2) is 4.79 Å². The summed E-state index contributed by atoms with van der Waals surface area (Å²) in [6.07, 6.45) is 0. The summed E-state index contributed by atoms with van der Waals surface area (Å²) in [6.45, 7) is 5.93. The van der Waals surface area contributed by atoms with Crippen LogP contribution in [-0.2, 0) is 5.41 Å². The van der Waals surface area contributed by atoms with Gasteiger partial charge in [0, 0.05) is 10.8 Å². The van der Waals surface area contributed by atoms with Gasteiger partial charge in [-0.2, -0.15) is 0 Å². The molecule has 5 heteroatoms. The molecule has 5 nitrogen and oxygen atoms in total. The van der Waals surface area contributed by atoms with Gasteiger partial charge in [0.2, 0.25) is 0 Å². The maximum Gasteiger partial charge on any atom is 0.343 e. The van der Waals surface area contributed by atoms with Crippen LogP contribution in [0.2, 0.25) is 0 Å². The van der Waals surface area contributed by atoms with Crippen molar-refractivity contribution in [1.82, 2.24) is 0 Å².